The molecule has 0 aliphatic rings. The number of aryl methyl sites for hydroxylation is 1. The number of halogens is 2. The summed E-state index contributed by atoms with van der Waals surface area (Å²) in [5, 5.41) is 9.81. The van der Waals surface area contributed by atoms with Crippen molar-refractivity contribution in [1.82, 2.24) is 9.55 Å². The van der Waals surface area contributed by atoms with Crippen LogP contribution in [0.4, 0.5) is 0 Å². The van der Waals surface area contributed by atoms with E-state index in [9.17, 15) is 9.59 Å². The van der Waals surface area contributed by atoms with Crippen molar-refractivity contribution in [2.45, 2.75) is 38.8 Å². The minimum Gasteiger partial charge on any atom is -0.492 e. The SMILES string of the molecule is COC(C)(C)C#Cc1nc(Cl)n(CCOc2ccc(Cl)cc2)c1C(=O)CCc1ccc(C(=O)O)cc1. The van der Waals surface area contributed by atoms with E-state index in [0.717, 1.165) is 5.56 Å². The number of nitrogens with zero attached hydrogens (tertiary/aromatic N) is 2. The second-order valence-electron chi connectivity index (χ2n) is 8.42. The molecule has 0 fully saturated rings. The highest BCUT2D eigenvalue weighted by atomic mass is 35.5. The van der Waals surface area contributed by atoms with Gasteiger partial charge in [0.1, 0.15) is 29.3 Å². The van der Waals surface area contributed by atoms with E-state index in [-0.39, 0.29) is 41.9 Å². The fraction of sp³-hybridized carbons (Fsp3) is 0.296. The summed E-state index contributed by atoms with van der Waals surface area (Å²) in [6.45, 7) is 4.13. The van der Waals surface area contributed by atoms with Crippen LogP contribution in [-0.2, 0) is 17.7 Å². The molecule has 2 aromatic carbocycles. The Kier molecular flexibility index (Phi) is 9.16. The Bertz CT molecular complexity index is 1290. The molecule has 0 radical (unpaired) electrons. The maximum absolute atomic E-state index is 13.3. The number of aromatic nitrogens is 2. The average Bonchev–Trinajstić information content (AvgIpc) is 3.18. The molecule has 0 atom stereocenters. The van der Waals surface area contributed by atoms with Gasteiger partial charge in [0.2, 0.25) is 5.28 Å². The zero-order valence-corrected chi connectivity index (χ0v) is 21.7. The van der Waals surface area contributed by atoms with Crippen molar-refractivity contribution in [2.75, 3.05) is 13.7 Å². The summed E-state index contributed by atoms with van der Waals surface area (Å²) in [5.74, 6) is 5.37. The van der Waals surface area contributed by atoms with Gasteiger partial charge in [0.15, 0.2) is 5.78 Å². The molecule has 1 heterocycles. The summed E-state index contributed by atoms with van der Waals surface area (Å²) < 4.78 is 12.7. The summed E-state index contributed by atoms with van der Waals surface area (Å²) in [7, 11) is 1.55. The number of carboxylic acid groups (broad SMARTS) is 1. The first-order valence-electron chi connectivity index (χ1n) is 11.2. The number of methoxy groups -OCH3 is 1. The van der Waals surface area contributed by atoms with Crippen LogP contribution in [-0.4, -0.2) is 45.7 Å². The van der Waals surface area contributed by atoms with E-state index < -0.39 is 11.6 Å². The van der Waals surface area contributed by atoms with Crippen LogP contribution in [0.25, 0.3) is 0 Å². The van der Waals surface area contributed by atoms with Crippen LogP contribution in [0.15, 0.2) is 48.5 Å². The molecule has 9 heteroatoms. The number of benzene rings is 2. The van der Waals surface area contributed by atoms with Crippen molar-refractivity contribution in [1.29, 1.82) is 0 Å². The number of imidazole rings is 1. The van der Waals surface area contributed by atoms with Crippen molar-refractivity contribution in [3.63, 3.8) is 0 Å². The van der Waals surface area contributed by atoms with Crippen LogP contribution in [0.5, 0.6) is 5.75 Å². The van der Waals surface area contributed by atoms with E-state index >= 15 is 0 Å². The van der Waals surface area contributed by atoms with Gasteiger partial charge in [-0.2, -0.15) is 0 Å². The van der Waals surface area contributed by atoms with Crippen LogP contribution in [0, 0.1) is 11.8 Å². The average molecular weight is 529 g/mol. The highest BCUT2D eigenvalue weighted by Gasteiger charge is 2.22. The standard InChI is InChI=1S/C27H26Cl2N2O5/c1-27(2,35-3)15-14-22-24(23(32)13-6-18-4-7-19(8-5-18)25(33)34)31(26(29)30-22)16-17-36-21-11-9-20(28)10-12-21/h4-5,7-12H,6,13,16-17H2,1-3H3,(H,33,34). The fourth-order valence-electron chi connectivity index (χ4n) is 3.24. The summed E-state index contributed by atoms with van der Waals surface area (Å²) in [4.78, 5) is 28.7. The van der Waals surface area contributed by atoms with Gasteiger partial charge in [0.05, 0.1) is 12.1 Å². The number of hydrogen-bond donors (Lipinski definition) is 1. The van der Waals surface area contributed by atoms with Gasteiger partial charge in [-0.15, -0.1) is 0 Å². The molecule has 0 spiro atoms. The maximum atomic E-state index is 13.3. The molecule has 0 amide bonds. The van der Waals surface area contributed by atoms with E-state index in [1.807, 2.05) is 0 Å². The molecule has 188 valence electrons. The van der Waals surface area contributed by atoms with E-state index in [4.69, 9.17) is 37.8 Å². The molecule has 7 nitrogen and oxygen atoms in total. The molecule has 36 heavy (non-hydrogen) atoms. The number of rotatable bonds is 10. The smallest absolute Gasteiger partial charge is 0.335 e. The van der Waals surface area contributed by atoms with Crippen LogP contribution in [0.1, 0.15) is 52.4 Å². The lowest BCUT2D eigenvalue weighted by molar-refractivity contribution is 0.0696. The zero-order valence-electron chi connectivity index (χ0n) is 20.2. The van der Waals surface area contributed by atoms with Crippen LogP contribution in [0.2, 0.25) is 10.3 Å². The van der Waals surface area contributed by atoms with Crippen molar-refractivity contribution >= 4 is 35.0 Å². The largest absolute Gasteiger partial charge is 0.492 e. The molecule has 0 aliphatic heterocycles. The third-order valence-corrected chi connectivity index (χ3v) is 5.96. The number of carboxylic acids is 1. The van der Waals surface area contributed by atoms with Crippen molar-refractivity contribution in [3.05, 3.63) is 81.4 Å². The highest BCUT2D eigenvalue weighted by molar-refractivity contribution is 6.30. The second kappa shape index (κ2) is 12.1. The molecule has 0 saturated heterocycles. The third kappa shape index (κ3) is 7.34. The van der Waals surface area contributed by atoms with Gasteiger partial charge in [0, 0.05) is 18.6 Å². The number of hydrogen-bond acceptors (Lipinski definition) is 5. The molecule has 3 aromatic rings. The van der Waals surface area contributed by atoms with E-state index in [1.165, 1.54) is 12.1 Å². The van der Waals surface area contributed by atoms with E-state index in [2.05, 4.69) is 16.8 Å². The van der Waals surface area contributed by atoms with Gasteiger partial charge in [0.25, 0.3) is 0 Å². The van der Waals surface area contributed by atoms with Gasteiger partial charge in [-0.25, -0.2) is 9.78 Å². The maximum Gasteiger partial charge on any atom is 0.335 e. The summed E-state index contributed by atoms with van der Waals surface area (Å²) in [6.07, 6.45) is 0.577. The number of Topliss-reactive ketones (excluding diaryl/α,β-unsaturated/α-hetero) is 1. The van der Waals surface area contributed by atoms with Crippen LogP contribution >= 0.6 is 23.2 Å². The predicted octanol–water partition coefficient (Wildman–Crippen LogP) is 5.56. The summed E-state index contributed by atoms with van der Waals surface area (Å²) >= 11 is 12.3. The summed E-state index contributed by atoms with van der Waals surface area (Å²) in [5.41, 5.74) is 0.850. The fourth-order valence-corrected chi connectivity index (χ4v) is 3.62. The second-order valence-corrected chi connectivity index (χ2v) is 9.20. The molecule has 0 unspecified atom stereocenters. The van der Waals surface area contributed by atoms with E-state index in [0.29, 0.717) is 22.9 Å². The Labute approximate surface area is 220 Å². The lowest BCUT2D eigenvalue weighted by Gasteiger charge is -2.14. The van der Waals surface area contributed by atoms with Crippen LogP contribution in [0.3, 0.4) is 0 Å². The van der Waals surface area contributed by atoms with Crippen molar-refractivity contribution < 1.29 is 24.2 Å². The topological polar surface area (TPSA) is 90.7 Å². The molecule has 3 rings (SSSR count). The van der Waals surface area contributed by atoms with Crippen molar-refractivity contribution in [3.8, 4) is 17.6 Å². The quantitative estimate of drug-likeness (QED) is 0.273. The van der Waals surface area contributed by atoms with Gasteiger partial charge in [-0.05, 0) is 79.8 Å². The number of carbonyl (C=O) groups excluding carboxylic acids is 1. The first-order chi connectivity index (χ1) is 17.1. The molecular weight excluding hydrogens is 503 g/mol. The molecule has 1 aromatic heterocycles. The molecular formula is C27H26Cl2N2O5. The van der Waals surface area contributed by atoms with Crippen molar-refractivity contribution in [2.24, 2.45) is 0 Å². The number of ketones is 1. The zero-order chi connectivity index (χ0) is 26.3. The Morgan fingerprint density at radius 2 is 1.75 bits per heavy atom. The molecule has 0 saturated carbocycles. The van der Waals surface area contributed by atoms with Gasteiger partial charge < -0.3 is 19.1 Å². The minimum atomic E-state index is -1.00. The Morgan fingerprint density at radius 1 is 1.08 bits per heavy atom. The Balaban J connectivity index is 1.82. The normalized spacial score (nSPS) is 11.0. The predicted molar refractivity (Wildman–Crippen MR) is 138 cm³/mol. The first kappa shape index (κ1) is 27.3. The highest BCUT2D eigenvalue weighted by Crippen LogP contribution is 2.21. The Morgan fingerprint density at radius 3 is 2.36 bits per heavy atom. The van der Waals surface area contributed by atoms with Gasteiger partial charge >= 0.3 is 5.97 Å². The number of aromatic carboxylic acids is 1. The number of carbonyl (C=O) groups is 2. The monoisotopic (exact) mass is 528 g/mol. The summed E-state index contributed by atoms with van der Waals surface area (Å²) in [6, 6.07) is 13.4. The Hall–Kier alpha value is -3.31. The van der Waals surface area contributed by atoms with Gasteiger partial charge in [-0.3, -0.25) is 4.79 Å². The minimum absolute atomic E-state index is 0.128. The third-order valence-electron chi connectivity index (χ3n) is 5.42. The molecule has 1 N–H and O–H groups in total. The lowest BCUT2D eigenvalue weighted by Crippen LogP contribution is -2.19. The lowest BCUT2D eigenvalue weighted by atomic mass is 10.0. The molecule has 0 bridgehead atoms. The molecule has 0 aliphatic carbocycles. The van der Waals surface area contributed by atoms with Gasteiger partial charge in [-0.1, -0.05) is 29.7 Å². The first-order valence-corrected chi connectivity index (χ1v) is 11.9. The number of ether oxygens (including phenoxy) is 2. The van der Waals surface area contributed by atoms with Crippen LogP contribution < -0.4 is 4.74 Å². The van der Waals surface area contributed by atoms with E-state index in [1.54, 1.807) is 61.9 Å².